The van der Waals surface area contributed by atoms with Crippen LogP contribution in [0.15, 0.2) is 66.9 Å². The van der Waals surface area contributed by atoms with Crippen molar-refractivity contribution in [3.05, 3.63) is 89.2 Å². The molecule has 0 radical (unpaired) electrons. The molecule has 29 heavy (non-hydrogen) atoms. The molecular formula is C26H34N2O. The van der Waals surface area contributed by atoms with Gasteiger partial charge in [0.1, 0.15) is 5.75 Å². The zero-order chi connectivity index (χ0) is 20.8. The van der Waals surface area contributed by atoms with Crippen molar-refractivity contribution >= 4 is 0 Å². The first-order valence-electron chi connectivity index (χ1n) is 10.5. The van der Waals surface area contributed by atoms with Gasteiger partial charge in [-0.15, -0.1) is 0 Å². The number of rotatable bonds is 9. The average Bonchev–Trinajstić information content (AvgIpc) is 3.15. The molecule has 0 aliphatic rings. The predicted octanol–water partition coefficient (Wildman–Crippen LogP) is 5.90. The van der Waals surface area contributed by atoms with Crippen LogP contribution in [0.5, 0.6) is 5.75 Å². The van der Waals surface area contributed by atoms with Crippen LogP contribution in [-0.4, -0.2) is 22.6 Å². The smallest absolute Gasteiger partial charge is 0.119 e. The van der Waals surface area contributed by atoms with Crippen molar-refractivity contribution in [1.82, 2.24) is 9.47 Å². The molecule has 0 amide bonds. The second-order valence-corrected chi connectivity index (χ2v) is 8.35. The maximum absolute atomic E-state index is 5.42. The Morgan fingerprint density at radius 2 is 1.66 bits per heavy atom. The molecule has 0 aliphatic heterocycles. The van der Waals surface area contributed by atoms with E-state index in [-0.39, 0.29) is 0 Å². The molecule has 1 unspecified atom stereocenters. The third-order valence-corrected chi connectivity index (χ3v) is 5.82. The number of aromatic nitrogens is 1. The van der Waals surface area contributed by atoms with E-state index in [0.29, 0.717) is 12.0 Å². The van der Waals surface area contributed by atoms with Crippen molar-refractivity contribution in [1.29, 1.82) is 0 Å². The lowest BCUT2D eigenvalue weighted by Crippen LogP contribution is -2.36. The van der Waals surface area contributed by atoms with Crippen LogP contribution in [0.2, 0.25) is 0 Å². The highest BCUT2D eigenvalue weighted by Gasteiger charge is 2.19. The minimum Gasteiger partial charge on any atom is -0.497 e. The largest absolute Gasteiger partial charge is 0.497 e. The van der Waals surface area contributed by atoms with Gasteiger partial charge in [0.2, 0.25) is 0 Å². The van der Waals surface area contributed by atoms with Crippen molar-refractivity contribution in [2.24, 2.45) is 5.92 Å². The second-order valence-electron chi connectivity index (χ2n) is 8.35. The Morgan fingerprint density at radius 1 is 0.897 bits per heavy atom. The molecule has 0 saturated carbocycles. The van der Waals surface area contributed by atoms with Gasteiger partial charge in [-0.3, -0.25) is 4.90 Å². The van der Waals surface area contributed by atoms with Crippen LogP contribution >= 0.6 is 0 Å². The highest BCUT2D eigenvalue weighted by molar-refractivity contribution is 5.28. The number of nitrogens with zero attached hydrogens (tertiary/aromatic N) is 2. The van der Waals surface area contributed by atoms with Crippen LogP contribution in [0, 0.1) is 12.8 Å². The monoisotopic (exact) mass is 390 g/mol. The molecule has 3 rings (SSSR count). The minimum atomic E-state index is 0.476. The van der Waals surface area contributed by atoms with E-state index in [1.165, 1.54) is 22.4 Å². The van der Waals surface area contributed by atoms with Crippen molar-refractivity contribution in [2.75, 3.05) is 7.11 Å². The SMILES string of the molecule is COc1cccc(CN(Cc2cccn2Cc2ccc(C)cc2)C(C)C(C)C)c1. The van der Waals surface area contributed by atoms with Crippen molar-refractivity contribution < 1.29 is 4.74 Å². The quantitative estimate of drug-likeness (QED) is 0.452. The van der Waals surface area contributed by atoms with E-state index >= 15 is 0 Å². The molecule has 1 heterocycles. The summed E-state index contributed by atoms with van der Waals surface area (Å²) in [6, 6.07) is 22.1. The van der Waals surface area contributed by atoms with E-state index in [2.05, 4.69) is 98.0 Å². The van der Waals surface area contributed by atoms with Gasteiger partial charge in [0.25, 0.3) is 0 Å². The van der Waals surface area contributed by atoms with E-state index in [9.17, 15) is 0 Å². The zero-order valence-electron chi connectivity index (χ0n) is 18.4. The molecule has 3 aromatic rings. The fraction of sp³-hybridized carbons (Fsp3) is 0.385. The second kappa shape index (κ2) is 9.80. The van der Waals surface area contributed by atoms with Gasteiger partial charge in [0.15, 0.2) is 0 Å². The number of hydrogen-bond acceptors (Lipinski definition) is 2. The van der Waals surface area contributed by atoms with Gasteiger partial charge in [-0.05, 0) is 55.2 Å². The lowest BCUT2D eigenvalue weighted by molar-refractivity contribution is 0.148. The van der Waals surface area contributed by atoms with Crippen molar-refractivity contribution in [3.8, 4) is 5.75 Å². The van der Waals surface area contributed by atoms with Crippen molar-refractivity contribution in [2.45, 2.75) is 53.4 Å². The summed E-state index contributed by atoms with van der Waals surface area (Å²) in [7, 11) is 1.73. The number of ether oxygens (including phenoxy) is 1. The molecule has 154 valence electrons. The van der Waals surface area contributed by atoms with Gasteiger partial charge in [0.05, 0.1) is 7.11 Å². The van der Waals surface area contributed by atoms with Gasteiger partial charge >= 0.3 is 0 Å². The molecule has 0 N–H and O–H groups in total. The maximum Gasteiger partial charge on any atom is 0.119 e. The summed E-state index contributed by atoms with van der Waals surface area (Å²) < 4.78 is 7.79. The first-order chi connectivity index (χ1) is 14.0. The molecule has 1 atom stereocenters. The molecule has 0 fully saturated rings. The molecule has 0 spiro atoms. The maximum atomic E-state index is 5.42. The van der Waals surface area contributed by atoms with E-state index < -0.39 is 0 Å². The summed E-state index contributed by atoms with van der Waals surface area (Å²) in [4.78, 5) is 2.57. The normalized spacial score (nSPS) is 12.5. The number of benzene rings is 2. The summed E-state index contributed by atoms with van der Waals surface area (Å²) in [5.41, 5.74) is 5.27. The molecule has 3 heteroatoms. The summed E-state index contributed by atoms with van der Waals surface area (Å²) in [5, 5.41) is 0. The van der Waals surface area contributed by atoms with E-state index in [1.807, 2.05) is 6.07 Å². The van der Waals surface area contributed by atoms with Gasteiger partial charge in [0, 0.05) is 37.6 Å². The molecule has 0 aliphatic carbocycles. The summed E-state index contributed by atoms with van der Waals surface area (Å²) in [5.74, 6) is 1.50. The minimum absolute atomic E-state index is 0.476. The van der Waals surface area contributed by atoms with Crippen LogP contribution in [-0.2, 0) is 19.6 Å². The highest BCUT2D eigenvalue weighted by Crippen LogP contribution is 2.21. The number of methoxy groups -OCH3 is 1. The molecule has 0 bridgehead atoms. The van der Waals surface area contributed by atoms with Crippen molar-refractivity contribution in [3.63, 3.8) is 0 Å². The highest BCUT2D eigenvalue weighted by atomic mass is 16.5. The molecule has 2 aromatic carbocycles. The average molecular weight is 391 g/mol. The molecule has 1 aromatic heterocycles. The van der Waals surface area contributed by atoms with Crippen LogP contribution in [0.25, 0.3) is 0 Å². The van der Waals surface area contributed by atoms with Gasteiger partial charge < -0.3 is 9.30 Å². The third kappa shape index (κ3) is 5.74. The Bertz CT molecular complexity index is 895. The lowest BCUT2D eigenvalue weighted by atomic mass is 10.0. The topological polar surface area (TPSA) is 17.4 Å². The van der Waals surface area contributed by atoms with Crippen LogP contribution in [0.3, 0.4) is 0 Å². The molecule has 3 nitrogen and oxygen atoms in total. The summed E-state index contributed by atoms with van der Waals surface area (Å²) >= 11 is 0. The zero-order valence-corrected chi connectivity index (χ0v) is 18.4. The van der Waals surface area contributed by atoms with Gasteiger partial charge in [-0.2, -0.15) is 0 Å². The summed E-state index contributed by atoms with van der Waals surface area (Å²) in [6.45, 7) is 11.8. The van der Waals surface area contributed by atoms with E-state index in [1.54, 1.807) is 7.11 Å². The standard InChI is InChI=1S/C26H34N2O/c1-20(2)22(4)28(18-24-8-6-10-26(16-24)29-5)19-25-9-7-15-27(25)17-23-13-11-21(3)12-14-23/h6-16,20,22H,17-19H2,1-5H3. The first-order valence-corrected chi connectivity index (χ1v) is 10.5. The van der Waals surface area contributed by atoms with E-state index in [4.69, 9.17) is 4.74 Å². The Kier molecular flexibility index (Phi) is 7.16. The fourth-order valence-electron chi connectivity index (χ4n) is 3.62. The Labute approximate surface area is 175 Å². The Balaban J connectivity index is 1.79. The first kappa shape index (κ1) is 21.2. The number of hydrogen-bond donors (Lipinski definition) is 0. The van der Waals surface area contributed by atoms with Gasteiger partial charge in [-0.1, -0.05) is 55.8 Å². The predicted molar refractivity (Wildman–Crippen MR) is 121 cm³/mol. The van der Waals surface area contributed by atoms with Gasteiger partial charge in [-0.25, -0.2) is 0 Å². The van der Waals surface area contributed by atoms with Crippen LogP contribution in [0.4, 0.5) is 0 Å². The van der Waals surface area contributed by atoms with E-state index in [0.717, 1.165) is 25.4 Å². The number of aryl methyl sites for hydroxylation is 1. The Morgan fingerprint density at radius 3 is 2.34 bits per heavy atom. The van der Waals surface area contributed by atoms with Crippen LogP contribution < -0.4 is 4.74 Å². The van der Waals surface area contributed by atoms with Crippen LogP contribution in [0.1, 0.15) is 43.2 Å². The fourth-order valence-corrected chi connectivity index (χ4v) is 3.62. The lowest BCUT2D eigenvalue weighted by Gasteiger charge is -2.32. The third-order valence-electron chi connectivity index (χ3n) is 5.82. The summed E-state index contributed by atoms with van der Waals surface area (Å²) in [6.07, 6.45) is 2.19. The molecule has 0 saturated heterocycles. The molecular weight excluding hydrogens is 356 g/mol. The Hall–Kier alpha value is -2.52.